The molecular formula is C15H14N2O3. The number of rotatable bonds is 4. The van der Waals surface area contributed by atoms with Gasteiger partial charge < -0.3 is 19.9 Å². The number of amidine groups is 1. The molecule has 0 amide bonds. The van der Waals surface area contributed by atoms with Gasteiger partial charge in [0, 0.05) is 11.6 Å². The van der Waals surface area contributed by atoms with E-state index in [1.807, 2.05) is 30.3 Å². The van der Waals surface area contributed by atoms with Crippen LogP contribution in [0.15, 0.2) is 42.5 Å². The number of nitrogen functional groups attached to an aromatic ring is 1. The van der Waals surface area contributed by atoms with Crippen LogP contribution in [0.3, 0.4) is 0 Å². The van der Waals surface area contributed by atoms with Gasteiger partial charge in [-0.3, -0.25) is 5.41 Å². The zero-order chi connectivity index (χ0) is 13.9. The molecule has 1 aliphatic heterocycles. The summed E-state index contributed by atoms with van der Waals surface area (Å²) >= 11 is 0. The van der Waals surface area contributed by atoms with Crippen molar-refractivity contribution < 1.29 is 14.2 Å². The Hall–Kier alpha value is -2.69. The molecule has 0 radical (unpaired) electrons. The second-order valence-corrected chi connectivity index (χ2v) is 4.41. The number of hydrogen-bond acceptors (Lipinski definition) is 4. The van der Waals surface area contributed by atoms with E-state index in [9.17, 15) is 0 Å². The molecule has 0 saturated carbocycles. The summed E-state index contributed by atoms with van der Waals surface area (Å²) in [6.45, 7) is 0.698. The predicted molar refractivity (Wildman–Crippen MR) is 74.4 cm³/mol. The first-order chi connectivity index (χ1) is 9.72. The number of nitrogens with two attached hydrogens (primary N) is 1. The quantitative estimate of drug-likeness (QED) is 0.660. The molecule has 0 aliphatic carbocycles. The predicted octanol–water partition coefficient (Wildman–Crippen LogP) is 2.28. The Kier molecular flexibility index (Phi) is 3.16. The maximum Gasteiger partial charge on any atom is 0.231 e. The van der Waals surface area contributed by atoms with E-state index in [0.717, 1.165) is 17.1 Å². The Labute approximate surface area is 116 Å². The second kappa shape index (κ2) is 5.13. The van der Waals surface area contributed by atoms with Gasteiger partial charge in [0.15, 0.2) is 11.5 Å². The lowest BCUT2D eigenvalue weighted by atomic mass is 10.1. The third kappa shape index (κ3) is 2.51. The number of hydrogen-bond donors (Lipinski definition) is 2. The van der Waals surface area contributed by atoms with Crippen LogP contribution in [0.25, 0.3) is 0 Å². The lowest BCUT2D eigenvalue weighted by molar-refractivity contribution is 0.173. The van der Waals surface area contributed by atoms with Crippen LogP contribution in [0.4, 0.5) is 0 Å². The molecule has 0 fully saturated rings. The fraction of sp³-hybridized carbons (Fsp3) is 0.133. The SMILES string of the molecule is N=C(N)c1ccc(COc2ccc3c(c2)OCO3)cc1. The van der Waals surface area contributed by atoms with Gasteiger partial charge in [-0.2, -0.15) is 0 Å². The van der Waals surface area contributed by atoms with Crippen LogP contribution in [0.5, 0.6) is 17.2 Å². The van der Waals surface area contributed by atoms with Crippen molar-refractivity contribution >= 4 is 5.84 Å². The Morgan fingerprint density at radius 3 is 2.60 bits per heavy atom. The van der Waals surface area contributed by atoms with Crippen molar-refractivity contribution in [3.8, 4) is 17.2 Å². The van der Waals surface area contributed by atoms with Gasteiger partial charge in [-0.05, 0) is 17.7 Å². The van der Waals surface area contributed by atoms with E-state index < -0.39 is 0 Å². The van der Waals surface area contributed by atoms with Crippen molar-refractivity contribution in [2.24, 2.45) is 5.73 Å². The van der Waals surface area contributed by atoms with E-state index in [1.54, 1.807) is 12.1 Å². The van der Waals surface area contributed by atoms with Crippen molar-refractivity contribution in [1.29, 1.82) is 5.41 Å². The molecule has 0 atom stereocenters. The molecular weight excluding hydrogens is 256 g/mol. The molecule has 20 heavy (non-hydrogen) atoms. The van der Waals surface area contributed by atoms with Crippen LogP contribution in [0.1, 0.15) is 11.1 Å². The monoisotopic (exact) mass is 270 g/mol. The van der Waals surface area contributed by atoms with E-state index >= 15 is 0 Å². The zero-order valence-electron chi connectivity index (χ0n) is 10.8. The smallest absolute Gasteiger partial charge is 0.231 e. The molecule has 0 saturated heterocycles. The molecule has 0 spiro atoms. The van der Waals surface area contributed by atoms with Gasteiger partial charge in [-0.1, -0.05) is 24.3 Å². The third-order valence-corrected chi connectivity index (χ3v) is 3.01. The summed E-state index contributed by atoms with van der Waals surface area (Å²) < 4.78 is 16.2. The number of nitrogens with one attached hydrogen (secondary N) is 1. The highest BCUT2D eigenvalue weighted by Gasteiger charge is 2.13. The van der Waals surface area contributed by atoms with E-state index in [-0.39, 0.29) is 12.6 Å². The van der Waals surface area contributed by atoms with Crippen molar-refractivity contribution in [3.05, 3.63) is 53.6 Å². The Morgan fingerprint density at radius 1 is 1.10 bits per heavy atom. The van der Waals surface area contributed by atoms with Gasteiger partial charge in [-0.15, -0.1) is 0 Å². The molecule has 3 N–H and O–H groups in total. The highest BCUT2D eigenvalue weighted by Crippen LogP contribution is 2.35. The van der Waals surface area contributed by atoms with Crippen molar-refractivity contribution in [2.45, 2.75) is 6.61 Å². The standard InChI is InChI=1S/C15H14N2O3/c16-15(17)11-3-1-10(2-4-11)8-18-12-5-6-13-14(7-12)20-9-19-13/h1-7H,8-9H2,(H3,16,17). The summed E-state index contributed by atoms with van der Waals surface area (Å²) in [6.07, 6.45) is 0. The molecule has 0 unspecified atom stereocenters. The first-order valence-corrected chi connectivity index (χ1v) is 6.18. The van der Waals surface area contributed by atoms with E-state index in [2.05, 4.69) is 0 Å². The fourth-order valence-corrected chi connectivity index (χ4v) is 1.91. The lowest BCUT2D eigenvalue weighted by Gasteiger charge is -2.07. The molecule has 5 heteroatoms. The molecule has 0 bridgehead atoms. The highest BCUT2D eigenvalue weighted by atomic mass is 16.7. The van der Waals surface area contributed by atoms with Crippen molar-refractivity contribution in [3.63, 3.8) is 0 Å². The third-order valence-electron chi connectivity index (χ3n) is 3.01. The first kappa shape index (κ1) is 12.3. The topological polar surface area (TPSA) is 77.6 Å². The summed E-state index contributed by atoms with van der Waals surface area (Å²) in [5.41, 5.74) is 7.12. The largest absolute Gasteiger partial charge is 0.489 e. The molecule has 1 heterocycles. The van der Waals surface area contributed by atoms with Crippen molar-refractivity contribution in [1.82, 2.24) is 0 Å². The molecule has 102 valence electrons. The average Bonchev–Trinajstić information content (AvgIpc) is 2.93. The summed E-state index contributed by atoms with van der Waals surface area (Å²) in [6, 6.07) is 12.9. The summed E-state index contributed by atoms with van der Waals surface area (Å²) in [7, 11) is 0. The van der Waals surface area contributed by atoms with E-state index in [1.165, 1.54) is 0 Å². The van der Waals surface area contributed by atoms with Gasteiger partial charge in [-0.25, -0.2) is 0 Å². The minimum Gasteiger partial charge on any atom is -0.489 e. The summed E-state index contributed by atoms with van der Waals surface area (Å²) in [5, 5.41) is 7.33. The van der Waals surface area contributed by atoms with Crippen LogP contribution in [-0.4, -0.2) is 12.6 Å². The average molecular weight is 270 g/mol. The fourth-order valence-electron chi connectivity index (χ4n) is 1.91. The van der Waals surface area contributed by atoms with Gasteiger partial charge in [0.1, 0.15) is 18.2 Å². The second-order valence-electron chi connectivity index (χ2n) is 4.41. The normalized spacial score (nSPS) is 12.2. The summed E-state index contributed by atoms with van der Waals surface area (Å²) in [5.74, 6) is 2.23. The number of ether oxygens (including phenoxy) is 3. The van der Waals surface area contributed by atoms with Crippen LogP contribution in [0, 0.1) is 5.41 Å². The van der Waals surface area contributed by atoms with Crippen LogP contribution < -0.4 is 19.9 Å². The van der Waals surface area contributed by atoms with Gasteiger partial charge in [0.25, 0.3) is 0 Å². The Morgan fingerprint density at radius 2 is 1.85 bits per heavy atom. The highest BCUT2D eigenvalue weighted by molar-refractivity contribution is 5.94. The van der Waals surface area contributed by atoms with Gasteiger partial charge in [0.2, 0.25) is 6.79 Å². The number of benzene rings is 2. The molecule has 1 aliphatic rings. The summed E-state index contributed by atoms with van der Waals surface area (Å²) in [4.78, 5) is 0. The van der Waals surface area contributed by atoms with Crippen LogP contribution in [0.2, 0.25) is 0 Å². The Balaban J connectivity index is 1.65. The maximum absolute atomic E-state index is 7.33. The molecule has 5 nitrogen and oxygen atoms in total. The Bertz CT molecular complexity index is 638. The van der Waals surface area contributed by atoms with Gasteiger partial charge in [0.05, 0.1) is 0 Å². The van der Waals surface area contributed by atoms with Crippen LogP contribution >= 0.6 is 0 Å². The maximum atomic E-state index is 7.33. The molecule has 2 aromatic rings. The molecule has 2 aromatic carbocycles. The van der Waals surface area contributed by atoms with Gasteiger partial charge >= 0.3 is 0 Å². The van der Waals surface area contributed by atoms with Crippen molar-refractivity contribution in [2.75, 3.05) is 6.79 Å². The first-order valence-electron chi connectivity index (χ1n) is 6.18. The lowest BCUT2D eigenvalue weighted by Crippen LogP contribution is -2.10. The van der Waals surface area contributed by atoms with E-state index in [4.69, 9.17) is 25.4 Å². The van der Waals surface area contributed by atoms with Crippen LogP contribution in [-0.2, 0) is 6.61 Å². The minimum atomic E-state index is 0.0632. The minimum absolute atomic E-state index is 0.0632. The van der Waals surface area contributed by atoms with E-state index in [0.29, 0.717) is 17.9 Å². The molecule has 3 rings (SSSR count). The number of fused-ring (bicyclic) bond motifs is 1. The zero-order valence-corrected chi connectivity index (χ0v) is 10.8. The molecule has 0 aromatic heterocycles.